The van der Waals surface area contributed by atoms with Crippen LogP contribution in [0.2, 0.25) is 0 Å². The first kappa shape index (κ1) is 20.5. The molecule has 0 aliphatic carbocycles. The Morgan fingerprint density at radius 3 is 2.46 bits per heavy atom. The van der Waals surface area contributed by atoms with Gasteiger partial charge in [0.1, 0.15) is 5.69 Å². The number of hydrogen-bond donors (Lipinski definition) is 1. The second-order valence-corrected chi connectivity index (χ2v) is 9.62. The van der Waals surface area contributed by atoms with Gasteiger partial charge in [0.05, 0.1) is 9.82 Å². The van der Waals surface area contributed by atoms with Crippen molar-refractivity contribution in [3.8, 4) is 0 Å². The summed E-state index contributed by atoms with van der Waals surface area (Å²) < 4.78 is 27.3. The smallest absolute Gasteiger partial charge is 0.293 e. The lowest BCUT2D eigenvalue weighted by Crippen LogP contribution is -2.39. The van der Waals surface area contributed by atoms with Crippen LogP contribution in [0.1, 0.15) is 32.6 Å². The molecule has 28 heavy (non-hydrogen) atoms. The van der Waals surface area contributed by atoms with E-state index in [9.17, 15) is 23.3 Å². The number of nitro benzene ring substituents is 1. The highest BCUT2D eigenvalue weighted by Gasteiger charge is 2.32. The highest BCUT2D eigenvalue weighted by molar-refractivity contribution is 7.89. The van der Waals surface area contributed by atoms with Crippen LogP contribution in [-0.2, 0) is 14.8 Å². The highest BCUT2D eigenvalue weighted by atomic mass is 32.2. The number of hydrogen-bond acceptors (Lipinski definition) is 6. The van der Waals surface area contributed by atoms with E-state index in [1.54, 1.807) is 0 Å². The number of nitrogens with zero attached hydrogens (tertiary/aromatic N) is 3. The van der Waals surface area contributed by atoms with Crippen molar-refractivity contribution in [2.24, 2.45) is 17.6 Å². The molecule has 2 aliphatic rings. The number of nitro groups is 1. The van der Waals surface area contributed by atoms with E-state index in [1.165, 1.54) is 16.4 Å². The normalized spacial score (nSPS) is 22.2. The molecule has 0 bridgehead atoms. The predicted molar refractivity (Wildman–Crippen MR) is 104 cm³/mol. The van der Waals surface area contributed by atoms with E-state index in [1.807, 2.05) is 11.8 Å². The van der Waals surface area contributed by atoms with Crippen molar-refractivity contribution in [3.05, 3.63) is 28.3 Å². The number of nitrogens with two attached hydrogens (primary N) is 1. The zero-order chi connectivity index (χ0) is 20.5. The van der Waals surface area contributed by atoms with Gasteiger partial charge in [-0.2, -0.15) is 4.31 Å². The second-order valence-electron chi connectivity index (χ2n) is 7.68. The second kappa shape index (κ2) is 8.04. The third kappa shape index (κ3) is 4.12. The Morgan fingerprint density at radius 2 is 1.89 bits per heavy atom. The minimum Gasteiger partial charge on any atom is -0.369 e. The maximum atomic E-state index is 13.0. The van der Waals surface area contributed by atoms with Gasteiger partial charge in [0.15, 0.2) is 0 Å². The lowest BCUT2D eigenvalue weighted by Gasteiger charge is -2.32. The molecule has 2 heterocycles. The summed E-state index contributed by atoms with van der Waals surface area (Å²) in [6.07, 6.45) is 2.82. The summed E-state index contributed by atoms with van der Waals surface area (Å²) in [6.45, 7) is 3.79. The van der Waals surface area contributed by atoms with Gasteiger partial charge in [0.25, 0.3) is 5.69 Å². The van der Waals surface area contributed by atoms with Crippen molar-refractivity contribution in [2.75, 3.05) is 31.1 Å². The van der Waals surface area contributed by atoms with Gasteiger partial charge >= 0.3 is 0 Å². The van der Waals surface area contributed by atoms with Crippen LogP contribution in [0.15, 0.2) is 23.1 Å². The Labute approximate surface area is 164 Å². The van der Waals surface area contributed by atoms with E-state index in [-0.39, 0.29) is 28.3 Å². The number of piperidine rings is 2. The monoisotopic (exact) mass is 410 g/mol. The molecule has 10 heteroatoms. The average molecular weight is 410 g/mol. The number of rotatable bonds is 5. The van der Waals surface area contributed by atoms with Crippen molar-refractivity contribution in [2.45, 2.75) is 37.5 Å². The molecule has 9 nitrogen and oxygen atoms in total. The van der Waals surface area contributed by atoms with Gasteiger partial charge in [0.2, 0.25) is 15.9 Å². The predicted octanol–water partition coefficient (Wildman–Crippen LogP) is 1.72. The van der Waals surface area contributed by atoms with Crippen molar-refractivity contribution in [1.29, 1.82) is 0 Å². The van der Waals surface area contributed by atoms with Crippen LogP contribution in [0.3, 0.4) is 0 Å². The Kier molecular flexibility index (Phi) is 5.90. The van der Waals surface area contributed by atoms with Crippen molar-refractivity contribution >= 4 is 27.3 Å². The maximum Gasteiger partial charge on any atom is 0.293 e. The molecular formula is C18H26N4O5S. The van der Waals surface area contributed by atoms with Gasteiger partial charge in [-0.1, -0.05) is 6.92 Å². The van der Waals surface area contributed by atoms with Crippen LogP contribution in [0.25, 0.3) is 0 Å². The van der Waals surface area contributed by atoms with E-state index in [0.717, 1.165) is 18.9 Å². The first-order valence-corrected chi connectivity index (χ1v) is 11.0. The molecule has 2 aliphatic heterocycles. The largest absolute Gasteiger partial charge is 0.369 e. The van der Waals surface area contributed by atoms with Crippen LogP contribution < -0.4 is 10.6 Å². The minimum atomic E-state index is -3.77. The lowest BCUT2D eigenvalue weighted by atomic mass is 9.96. The van der Waals surface area contributed by atoms with Gasteiger partial charge in [-0.15, -0.1) is 0 Å². The molecule has 0 saturated carbocycles. The average Bonchev–Trinajstić information content (AvgIpc) is 2.67. The number of carbonyl (C=O) groups excluding carboxylic acids is 1. The topological polar surface area (TPSA) is 127 Å². The molecule has 2 fully saturated rings. The molecule has 1 aromatic rings. The maximum absolute atomic E-state index is 13.0. The van der Waals surface area contributed by atoms with Gasteiger partial charge in [0, 0.05) is 38.2 Å². The van der Waals surface area contributed by atoms with Crippen molar-refractivity contribution in [3.63, 3.8) is 0 Å². The molecule has 1 aromatic carbocycles. The fourth-order valence-corrected chi connectivity index (χ4v) is 5.61. The first-order chi connectivity index (χ1) is 13.2. The highest BCUT2D eigenvalue weighted by Crippen LogP contribution is 2.34. The summed E-state index contributed by atoms with van der Waals surface area (Å²) in [5, 5.41) is 11.6. The van der Waals surface area contributed by atoms with E-state index < -0.39 is 14.9 Å². The van der Waals surface area contributed by atoms with Crippen LogP contribution in [0.4, 0.5) is 11.4 Å². The van der Waals surface area contributed by atoms with E-state index in [4.69, 9.17) is 5.73 Å². The van der Waals surface area contributed by atoms with E-state index in [2.05, 4.69) is 0 Å². The van der Waals surface area contributed by atoms with E-state index in [0.29, 0.717) is 44.7 Å². The van der Waals surface area contributed by atoms with Crippen LogP contribution in [0.5, 0.6) is 0 Å². The van der Waals surface area contributed by atoms with Crippen molar-refractivity contribution < 1.29 is 18.1 Å². The summed E-state index contributed by atoms with van der Waals surface area (Å²) >= 11 is 0. The SMILES string of the molecule is C[C@H]1CCCN(S(=O)(=O)c2ccc(N3CCC(C(N)=O)CC3)c([N+](=O)[O-])c2)C1. The number of amides is 1. The Hall–Kier alpha value is -2.20. The Morgan fingerprint density at radius 1 is 1.21 bits per heavy atom. The standard InChI is InChI=1S/C18H26N4O5S/c1-13-3-2-8-21(12-13)28(26,27)15-4-5-16(17(11-15)22(24)25)20-9-6-14(7-10-20)18(19)23/h4-5,11,13-14H,2-3,6-10,12H2,1H3,(H2,19,23)/t13-/m0/s1. The summed E-state index contributed by atoms with van der Waals surface area (Å²) in [5.74, 6) is -0.313. The first-order valence-electron chi connectivity index (χ1n) is 9.53. The number of primary amides is 1. The van der Waals surface area contributed by atoms with Gasteiger partial charge in [-0.25, -0.2) is 8.42 Å². The fourth-order valence-electron chi connectivity index (χ4n) is 4.00. The molecule has 1 atom stereocenters. The molecule has 154 valence electrons. The molecule has 0 spiro atoms. The van der Waals surface area contributed by atoms with E-state index >= 15 is 0 Å². The third-order valence-electron chi connectivity index (χ3n) is 5.64. The molecule has 3 rings (SSSR count). The zero-order valence-electron chi connectivity index (χ0n) is 15.9. The third-order valence-corrected chi connectivity index (χ3v) is 7.50. The molecule has 0 aromatic heterocycles. The quantitative estimate of drug-likeness (QED) is 0.582. The molecule has 0 radical (unpaired) electrons. The molecule has 0 unspecified atom stereocenters. The number of carbonyl (C=O) groups is 1. The summed E-state index contributed by atoms with van der Waals surface area (Å²) in [6, 6.07) is 4.10. The number of benzene rings is 1. The Balaban J connectivity index is 1.87. The van der Waals surface area contributed by atoms with Crippen LogP contribution in [-0.4, -0.2) is 49.7 Å². The summed E-state index contributed by atoms with van der Waals surface area (Å²) in [4.78, 5) is 24.2. The molecule has 1 amide bonds. The van der Waals surface area contributed by atoms with Crippen LogP contribution >= 0.6 is 0 Å². The van der Waals surface area contributed by atoms with Gasteiger partial charge in [-0.05, 0) is 43.7 Å². The molecule has 2 N–H and O–H groups in total. The number of anilines is 1. The lowest BCUT2D eigenvalue weighted by molar-refractivity contribution is -0.384. The summed E-state index contributed by atoms with van der Waals surface area (Å²) in [5.41, 5.74) is 5.48. The zero-order valence-corrected chi connectivity index (χ0v) is 16.7. The van der Waals surface area contributed by atoms with Crippen LogP contribution in [0, 0.1) is 22.0 Å². The molecule has 2 saturated heterocycles. The Bertz CT molecular complexity index is 865. The molecular weight excluding hydrogens is 384 g/mol. The minimum absolute atomic E-state index is 0.0518. The fraction of sp³-hybridized carbons (Fsp3) is 0.611. The van der Waals surface area contributed by atoms with Gasteiger partial charge < -0.3 is 10.6 Å². The van der Waals surface area contributed by atoms with Gasteiger partial charge in [-0.3, -0.25) is 14.9 Å². The van der Waals surface area contributed by atoms with Crippen molar-refractivity contribution in [1.82, 2.24) is 4.31 Å². The summed E-state index contributed by atoms with van der Waals surface area (Å²) in [7, 11) is -3.77. The number of sulfonamides is 1.